The number of carbonyl (C=O) groups excluding carboxylic acids is 2. The van der Waals surface area contributed by atoms with E-state index in [1.54, 1.807) is 30.5 Å². The molecule has 122 valence electrons. The highest BCUT2D eigenvalue weighted by Crippen LogP contribution is 2.22. The number of thiazole rings is 1. The van der Waals surface area contributed by atoms with Crippen LogP contribution in [-0.2, 0) is 4.79 Å². The van der Waals surface area contributed by atoms with Crippen LogP contribution in [0.3, 0.4) is 0 Å². The molecule has 0 saturated carbocycles. The average molecular weight is 331 g/mol. The first-order chi connectivity index (χ1) is 10.8. The lowest BCUT2D eigenvalue weighted by atomic mass is 9.95. The smallest absolute Gasteiger partial charge is 0.253 e. The van der Waals surface area contributed by atoms with Crippen LogP contribution in [-0.4, -0.2) is 16.8 Å². The van der Waals surface area contributed by atoms with Gasteiger partial charge in [0.15, 0.2) is 0 Å². The third-order valence-electron chi connectivity index (χ3n) is 3.27. The second-order valence-corrected chi connectivity index (χ2v) is 7.24. The van der Waals surface area contributed by atoms with Crippen molar-refractivity contribution in [3.8, 4) is 0 Å². The zero-order valence-electron chi connectivity index (χ0n) is 13.7. The monoisotopic (exact) mass is 331 g/mol. The third kappa shape index (κ3) is 4.39. The van der Waals surface area contributed by atoms with Gasteiger partial charge < -0.3 is 10.6 Å². The van der Waals surface area contributed by atoms with Gasteiger partial charge in [-0.2, -0.15) is 0 Å². The Hall–Kier alpha value is -2.21. The number of para-hydroxylation sites is 1. The van der Waals surface area contributed by atoms with Gasteiger partial charge in [-0.15, -0.1) is 11.3 Å². The van der Waals surface area contributed by atoms with E-state index in [4.69, 9.17) is 0 Å². The highest BCUT2D eigenvalue weighted by atomic mass is 32.1. The van der Waals surface area contributed by atoms with Crippen LogP contribution in [0.2, 0.25) is 0 Å². The minimum atomic E-state index is -0.530. The number of anilines is 1. The molecule has 0 saturated heterocycles. The summed E-state index contributed by atoms with van der Waals surface area (Å²) in [6.45, 7) is 7.37. The van der Waals surface area contributed by atoms with E-state index in [9.17, 15) is 9.59 Å². The van der Waals surface area contributed by atoms with Crippen LogP contribution in [0.5, 0.6) is 0 Å². The van der Waals surface area contributed by atoms with E-state index < -0.39 is 5.41 Å². The quantitative estimate of drug-likeness (QED) is 0.899. The maximum Gasteiger partial charge on any atom is 0.253 e. The number of rotatable bonds is 4. The molecule has 23 heavy (non-hydrogen) atoms. The first-order valence-electron chi connectivity index (χ1n) is 7.40. The Morgan fingerprint density at radius 1 is 1.22 bits per heavy atom. The highest BCUT2D eigenvalue weighted by Gasteiger charge is 2.23. The van der Waals surface area contributed by atoms with Crippen LogP contribution in [0.1, 0.15) is 49.1 Å². The number of benzene rings is 1. The zero-order valence-corrected chi connectivity index (χ0v) is 14.5. The van der Waals surface area contributed by atoms with Gasteiger partial charge in [-0.3, -0.25) is 9.59 Å². The molecule has 0 aliphatic carbocycles. The third-order valence-corrected chi connectivity index (χ3v) is 4.23. The van der Waals surface area contributed by atoms with Crippen molar-refractivity contribution in [3.63, 3.8) is 0 Å². The molecule has 1 heterocycles. The number of hydrogen-bond acceptors (Lipinski definition) is 4. The van der Waals surface area contributed by atoms with E-state index in [1.165, 1.54) is 11.3 Å². The van der Waals surface area contributed by atoms with Gasteiger partial charge in [0.1, 0.15) is 5.01 Å². The molecule has 0 spiro atoms. The molecule has 2 aromatic rings. The van der Waals surface area contributed by atoms with E-state index in [0.29, 0.717) is 11.3 Å². The summed E-state index contributed by atoms with van der Waals surface area (Å²) in [5.41, 5.74) is 0.419. The molecule has 1 aromatic carbocycles. The zero-order chi connectivity index (χ0) is 17.0. The van der Waals surface area contributed by atoms with Gasteiger partial charge in [-0.05, 0) is 19.1 Å². The van der Waals surface area contributed by atoms with E-state index in [2.05, 4.69) is 15.6 Å². The van der Waals surface area contributed by atoms with Gasteiger partial charge in [-0.25, -0.2) is 4.98 Å². The fourth-order valence-electron chi connectivity index (χ4n) is 1.88. The Balaban J connectivity index is 2.16. The number of aromatic nitrogens is 1. The van der Waals surface area contributed by atoms with Crippen molar-refractivity contribution in [1.82, 2.24) is 10.3 Å². The molecule has 5 nitrogen and oxygen atoms in total. The summed E-state index contributed by atoms with van der Waals surface area (Å²) >= 11 is 1.49. The summed E-state index contributed by atoms with van der Waals surface area (Å²) in [6, 6.07) is 6.80. The topological polar surface area (TPSA) is 71.1 Å². The Morgan fingerprint density at radius 2 is 1.91 bits per heavy atom. The normalized spacial score (nSPS) is 12.5. The molecular weight excluding hydrogens is 310 g/mol. The molecule has 0 radical (unpaired) electrons. The van der Waals surface area contributed by atoms with E-state index >= 15 is 0 Å². The summed E-state index contributed by atoms with van der Waals surface area (Å²) in [5, 5.41) is 8.45. The fourth-order valence-corrected chi connectivity index (χ4v) is 2.53. The molecule has 0 aliphatic rings. The Kier molecular flexibility index (Phi) is 5.15. The van der Waals surface area contributed by atoms with Crippen molar-refractivity contribution in [1.29, 1.82) is 0 Å². The molecular formula is C17H21N3O2S. The molecule has 0 aliphatic heterocycles. The van der Waals surface area contributed by atoms with Crippen molar-refractivity contribution >= 4 is 28.8 Å². The van der Waals surface area contributed by atoms with Crippen LogP contribution in [0.4, 0.5) is 5.69 Å². The predicted octanol–water partition coefficient (Wildman–Crippen LogP) is 3.62. The van der Waals surface area contributed by atoms with Gasteiger partial charge in [0.25, 0.3) is 5.91 Å². The number of hydrogen-bond donors (Lipinski definition) is 2. The number of carbonyl (C=O) groups is 2. The Labute approximate surface area is 140 Å². The summed E-state index contributed by atoms with van der Waals surface area (Å²) in [6.07, 6.45) is 1.71. The number of nitrogens with one attached hydrogen (secondary N) is 2. The summed E-state index contributed by atoms with van der Waals surface area (Å²) < 4.78 is 0. The van der Waals surface area contributed by atoms with Gasteiger partial charge in [0.05, 0.1) is 17.3 Å². The fraction of sp³-hybridized carbons (Fsp3) is 0.353. The molecule has 0 bridgehead atoms. The molecule has 6 heteroatoms. The summed E-state index contributed by atoms with van der Waals surface area (Å²) in [7, 11) is 0. The van der Waals surface area contributed by atoms with Crippen molar-refractivity contribution in [2.45, 2.75) is 33.7 Å². The lowest BCUT2D eigenvalue weighted by Crippen LogP contribution is -2.31. The lowest BCUT2D eigenvalue weighted by molar-refractivity contribution is -0.123. The standard InChI is InChI=1S/C17H21N3O2S/c1-11(15-18-9-10-23-15)19-14(21)12-7-5-6-8-13(12)20-16(22)17(2,3)4/h5-11H,1-4H3,(H,19,21)(H,20,22). The first kappa shape index (κ1) is 17.1. The number of nitrogens with zero attached hydrogens (tertiary/aromatic N) is 1. The summed E-state index contributed by atoms with van der Waals surface area (Å²) in [5.74, 6) is -0.372. The lowest BCUT2D eigenvalue weighted by Gasteiger charge is -2.19. The van der Waals surface area contributed by atoms with Crippen LogP contribution in [0.25, 0.3) is 0 Å². The van der Waals surface area contributed by atoms with Crippen molar-refractivity contribution < 1.29 is 9.59 Å². The first-order valence-corrected chi connectivity index (χ1v) is 8.27. The molecule has 1 aromatic heterocycles. The van der Waals surface area contributed by atoms with Crippen molar-refractivity contribution in [3.05, 3.63) is 46.4 Å². The Morgan fingerprint density at radius 3 is 2.52 bits per heavy atom. The average Bonchev–Trinajstić information content (AvgIpc) is 3.01. The highest BCUT2D eigenvalue weighted by molar-refractivity contribution is 7.09. The molecule has 1 atom stereocenters. The van der Waals surface area contributed by atoms with Crippen molar-refractivity contribution in [2.75, 3.05) is 5.32 Å². The minimum absolute atomic E-state index is 0.134. The molecule has 2 rings (SSSR count). The van der Waals surface area contributed by atoms with Crippen LogP contribution < -0.4 is 10.6 Å². The minimum Gasteiger partial charge on any atom is -0.343 e. The predicted molar refractivity (Wildman–Crippen MR) is 92.5 cm³/mol. The van der Waals surface area contributed by atoms with Crippen LogP contribution >= 0.6 is 11.3 Å². The maximum atomic E-state index is 12.5. The van der Waals surface area contributed by atoms with Crippen LogP contribution in [0.15, 0.2) is 35.8 Å². The summed E-state index contributed by atoms with van der Waals surface area (Å²) in [4.78, 5) is 28.9. The molecule has 2 N–H and O–H groups in total. The largest absolute Gasteiger partial charge is 0.343 e. The van der Waals surface area contributed by atoms with Gasteiger partial charge in [0.2, 0.25) is 5.91 Å². The van der Waals surface area contributed by atoms with E-state index in [0.717, 1.165) is 5.01 Å². The molecule has 1 unspecified atom stereocenters. The van der Waals surface area contributed by atoms with E-state index in [-0.39, 0.29) is 17.9 Å². The maximum absolute atomic E-state index is 12.5. The van der Waals surface area contributed by atoms with Crippen molar-refractivity contribution in [2.24, 2.45) is 5.41 Å². The molecule has 0 fully saturated rings. The van der Waals surface area contributed by atoms with Gasteiger partial charge in [-0.1, -0.05) is 32.9 Å². The molecule has 2 amide bonds. The second kappa shape index (κ2) is 6.91. The van der Waals surface area contributed by atoms with E-state index in [1.807, 2.05) is 33.1 Å². The second-order valence-electron chi connectivity index (χ2n) is 6.32. The van der Waals surface area contributed by atoms with Crippen LogP contribution in [0, 0.1) is 5.41 Å². The SMILES string of the molecule is CC(NC(=O)c1ccccc1NC(=O)C(C)(C)C)c1nccs1. The van der Waals surface area contributed by atoms with Gasteiger partial charge >= 0.3 is 0 Å². The Bertz CT molecular complexity index is 690. The van der Waals surface area contributed by atoms with Gasteiger partial charge in [0, 0.05) is 17.0 Å². The number of amides is 2.